The van der Waals surface area contributed by atoms with E-state index in [2.05, 4.69) is 0 Å². The van der Waals surface area contributed by atoms with Crippen molar-refractivity contribution < 1.29 is 34.4 Å². The van der Waals surface area contributed by atoms with E-state index in [0.717, 1.165) is 0 Å². The Labute approximate surface area is 123 Å². The topological polar surface area (TPSA) is 121 Å². The maximum atomic E-state index is 11.3. The van der Waals surface area contributed by atoms with Crippen LogP contribution in [0.5, 0.6) is 0 Å². The number of carboxylic acids is 2. The number of carboxylic acid groups (broad SMARTS) is 2. The Morgan fingerprint density at radius 1 is 1.05 bits per heavy atom. The molecule has 0 aromatic carbocycles. The summed E-state index contributed by atoms with van der Waals surface area (Å²) in [6.07, 6.45) is -0.805. The monoisotopic (exact) mass is 270 g/mol. The molecule has 0 saturated heterocycles. The standard InChI is InChI=1S/C11H18O7.Li.H/c1-10(2,3)18-7(12)5-4-6-11(17,8(13)14)9(15)16;;/h17H,4-6H2,1-3H3,(H,13,14)(H,15,16);;. The number of carbonyl (C=O) groups is 3. The van der Waals surface area contributed by atoms with Gasteiger partial charge in [0.2, 0.25) is 0 Å². The average Bonchev–Trinajstić information content (AvgIpc) is 2.13. The molecular formula is C11H19LiO7. The number of aliphatic carboxylic acids is 2. The minimum atomic E-state index is -2.86. The zero-order chi connectivity index (χ0) is 14.6. The minimum absolute atomic E-state index is 0. The summed E-state index contributed by atoms with van der Waals surface area (Å²) in [5.74, 6) is -4.26. The van der Waals surface area contributed by atoms with Crippen molar-refractivity contribution >= 4 is 36.8 Å². The Morgan fingerprint density at radius 3 is 1.79 bits per heavy atom. The number of carbonyl (C=O) groups excluding carboxylic acids is 1. The van der Waals surface area contributed by atoms with Crippen molar-refractivity contribution in [3.63, 3.8) is 0 Å². The molecule has 0 saturated carbocycles. The molecule has 7 nitrogen and oxygen atoms in total. The molecule has 8 heteroatoms. The fraction of sp³-hybridized carbons (Fsp3) is 0.727. The van der Waals surface area contributed by atoms with E-state index in [-0.39, 0.29) is 31.7 Å². The summed E-state index contributed by atoms with van der Waals surface area (Å²) in [6.45, 7) is 5.03. The summed E-state index contributed by atoms with van der Waals surface area (Å²) in [5, 5.41) is 26.6. The molecule has 19 heavy (non-hydrogen) atoms. The van der Waals surface area contributed by atoms with Crippen molar-refractivity contribution in [3.05, 3.63) is 0 Å². The van der Waals surface area contributed by atoms with Crippen LogP contribution in [0.3, 0.4) is 0 Å². The van der Waals surface area contributed by atoms with Crippen LogP contribution in [0.15, 0.2) is 0 Å². The fourth-order valence-corrected chi connectivity index (χ4v) is 1.19. The molecule has 0 atom stereocenters. The first-order chi connectivity index (χ1) is 7.99. The van der Waals surface area contributed by atoms with Gasteiger partial charge in [0.15, 0.2) is 0 Å². The van der Waals surface area contributed by atoms with Gasteiger partial charge in [-0.1, -0.05) is 0 Å². The van der Waals surface area contributed by atoms with E-state index in [4.69, 9.17) is 14.9 Å². The van der Waals surface area contributed by atoms with Crippen LogP contribution >= 0.6 is 0 Å². The molecule has 106 valence electrons. The molecule has 0 bridgehead atoms. The van der Waals surface area contributed by atoms with Crippen molar-refractivity contribution in [2.24, 2.45) is 0 Å². The van der Waals surface area contributed by atoms with Crippen LogP contribution in [-0.2, 0) is 19.1 Å². The second kappa shape index (κ2) is 7.53. The van der Waals surface area contributed by atoms with Gasteiger partial charge < -0.3 is 20.1 Å². The van der Waals surface area contributed by atoms with Gasteiger partial charge in [0.05, 0.1) is 0 Å². The summed E-state index contributed by atoms with van der Waals surface area (Å²) in [7, 11) is 0. The second-order valence-corrected chi connectivity index (χ2v) is 4.91. The molecule has 0 aromatic rings. The van der Waals surface area contributed by atoms with Crippen molar-refractivity contribution in [2.75, 3.05) is 0 Å². The van der Waals surface area contributed by atoms with Gasteiger partial charge in [0, 0.05) is 6.42 Å². The number of hydrogen-bond donors (Lipinski definition) is 3. The van der Waals surface area contributed by atoms with Crippen LogP contribution in [-0.4, -0.2) is 63.3 Å². The number of rotatable bonds is 6. The molecule has 0 fully saturated rings. The van der Waals surface area contributed by atoms with Crippen LogP contribution in [0.1, 0.15) is 40.0 Å². The van der Waals surface area contributed by atoms with Crippen molar-refractivity contribution in [1.82, 2.24) is 0 Å². The van der Waals surface area contributed by atoms with Gasteiger partial charge in [0.25, 0.3) is 5.60 Å². The zero-order valence-corrected chi connectivity index (χ0v) is 10.6. The zero-order valence-electron chi connectivity index (χ0n) is 10.6. The molecule has 0 unspecified atom stereocenters. The number of hydrogen-bond acceptors (Lipinski definition) is 5. The number of ether oxygens (including phenoxy) is 1. The molecule has 0 heterocycles. The normalized spacial score (nSPS) is 11.4. The molecule has 0 radical (unpaired) electrons. The fourth-order valence-electron chi connectivity index (χ4n) is 1.19. The number of aliphatic hydroxyl groups is 1. The maximum absolute atomic E-state index is 11.3. The molecule has 0 spiro atoms. The van der Waals surface area contributed by atoms with E-state index in [1.807, 2.05) is 0 Å². The molecule has 0 amide bonds. The Morgan fingerprint density at radius 2 is 1.47 bits per heavy atom. The first-order valence-corrected chi connectivity index (χ1v) is 5.40. The third-order valence-electron chi connectivity index (χ3n) is 2.05. The van der Waals surface area contributed by atoms with E-state index in [1.165, 1.54) is 0 Å². The summed E-state index contributed by atoms with van der Waals surface area (Å²) in [5.41, 5.74) is -3.52. The first kappa shape index (κ1) is 20.3. The summed E-state index contributed by atoms with van der Waals surface area (Å²) in [4.78, 5) is 32.5. The summed E-state index contributed by atoms with van der Waals surface area (Å²) in [6, 6.07) is 0. The van der Waals surface area contributed by atoms with Crippen LogP contribution in [0.4, 0.5) is 0 Å². The Bertz CT molecular complexity index is 331. The van der Waals surface area contributed by atoms with Crippen LogP contribution in [0.2, 0.25) is 0 Å². The third-order valence-corrected chi connectivity index (χ3v) is 2.05. The van der Waals surface area contributed by atoms with Gasteiger partial charge in [-0.2, -0.15) is 0 Å². The van der Waals surface area contributed by atoms with Gasteiger partial charge in [-0.25, -0.2) is 9.59 Å². The van der Waals surface area contributed by atoms with E-state index < -0.39 is 35.5 Å². The molecule has 0 aliphatic heterocycles. The van der Waals surface area contributed by atoms with Crippen molar-refractivity contribution in [1.29, 1.82) is 0 Å². The predicted molar refractivity (Wildman–Crippen MR) is 67.1 cm³/mol. The van der Waals surface area contributed by atoms with E-state index >= 15 is 0 Å². The van der Waals surface area contributed by atoms with E-state index in [9.17, 15) is 19.5 Å². The molecule has 0 rings (SSSR count). The van der Waals surface area contributed by atoms with Crippen molar-refractivity contribution in [3.8, 4) is 0 Å². The Hall–Kier alpha value is -1.03. The van der Waals surface area contributed by atoms with E-state index in [0.29, 0.717) is 0 Å². The Balaban J connectivity index is 0. The second-order valence-electron chi connectivity index (χ2n) is 4.91. The van der Waals surface area contributed by atoms with Crippen LogP contribution in [0.25, 0.3) is 0 Å². The quantitative estimate of drug-likeness (QED) is 0.345. The average molecular weight is 270 g/mol. The molecule has 0 aromatic heterocycles. The first-order valence-electron chi connectivity index (χ1n) is 5.40. The molecule has 0 aliphatic carbocycles. The van der Waals surface area contributed by atoms with Gasteiger partial charge in [-0.15, -0.1) is 0 Å². The molecule has 0 aliphatic rings. The van der Waals surface area contributed by atoms with Gasteiger partial charge >= 0.3 is 36.8 Å². The van der Waals surface area contributed by atoms with Gasteiger partial charge in [-0.3, -0.25) is 4.79 Å². The Kier molecular flexibility index (Phi) is 8.04. The van der Waals surface area contributed by atoms with Crippen LogP contribution < -0.4 is 0 Å². The third kappa shape index (κ3) is 7.21. The molecule has 3 N–H and O–H groups in total. The van der Waals surface area contributed by atoms with Gasteiger partial charge in [0.1, 0.15) is 5.60 Å². The summed E-state index contributed by atoms with van der Waals surface area (Å²) < 4.78 is 4.96. The SMILES string of the molecule is CC(C)(C)OC(=O)CCCC(O)(C(=O)O)C(=O)O.[LiH]. The van der Waals surface area contributed by atoms with Gasteiger partial charge in [-0.05, 0) is 33.6 Å². The predicted octanol–water partition coefficient (Wildman–Crippen LogP) is -0.250. The van der Waals surface area contributed by atoms with Crippen molar-refractivity contribution in [2.45, 2.75) is 51.2 Å². The molecular weight excluding hydrogens is 251 g/mol. The number of esters is 1. The van der Waals surface area contributed by atoms with Crippen LogP contribution in [0, 0.1) is 0 Å². The summed E-state index contributed by atoms with van der Waals surface area (Å²) >= 11 is 0. The van der Waals surface area contributed by atoms with E-state index in [1.54, 1.807) is 20.8 Å².